The average Bonchev–Trinajstić information content (AvgIpc) is 2.87. The Morgan fingerprint density at radius 1 is 1.29 bits per heavy atom. The Bertz CT molecular complexity index is 670. The zero-order valence-corrected chi connectivity index (χ0v) is 11.8. The van der Waals surface area contributed by atoms with Crippen LogP contribution in [0.4, 0.5) is 5.69 Å². The van der Waals surface area contributed by atoms with E-state index in [0.717, 1.165) is 11.3 Å². The Morgan fingerprint density at radius 3 is 2.76 bits per heavy atom. The molecule has 4 nitrogen and oxygen atoms in total. The second-order valence-corrected chi connectivity index (χ2v) is 5.22. The Balaban J connectivity index is 1.68. The van der Waals surface area contributed by atoms with Gasteiger partial charge in [0.15, 0.2) is 0 Å². The van der Waals surface area contributed by atoms with Crippen molar-refractivity contribution in [2.45, 2.75) is 20.0 Å². The van der Waals surface area contributed by atoms with Gasteiger partial charge in [-0.25, -0.2) is 4.79 Å². The van der Waals surface area contributed by atoms with Crippen LogP contribution >= 0.6 is 0 Å². The van der Waals surface area contributed by atoms with Crippen LogP contribution in [0.3, 0.4) is 0 Å². The van der Waals surface area contributed by atoms with E-state index in [4.69, 9.17) is 9.76 Å². The number of rotatable bonds is 4. The molecule has 21 heavy (non-hydrogen) atoms. The van der Waals surface area contributed by atoms with Gasteiger partial charge in [-0.2, -0.15) is 0 Å². The third-order valence-electron chi connectivity index (χ3n) is 3.77. The summed E-state index contributed by atoms with van der Waals surface area (Å²) in [6, 6.07) is 13.2. The maximum atomic E-state index is 10.8. The number of anilines is 1. The number of benzene rings is 2. The van der Waals surface area contributed by atoms with Crippen molar-refractivity contribution in [3.63, 3.8) is 0 Å². The van der Waals surface area contributed by atoms with Crippen molar-refractivity contribution in [3.05, 3.63) is 59.2 Å². The minimum atomic E-state index is -0.901. The van der Waals surface area contributed by atoms with Crippen LogP contribution in [0.15, 0.2) is 42.5 Å². The van der Waals surface area contributed by atoms with Crippen molar-refractivity contribution < 1.29 is 14.6 Å². The Kier molecular flexibility index (Phi) is 3.67. The average molecular weight is 281 g/mol. The SMILES string of the molecule is CB1OCc2ccc(NCc3ccc(C(=O)O)cc3)cc21. The lowest BCUT2D eigenvalue weighted by Crippen LogP contribution is -2.24. The zero-order valence-electron chi connectivity index (χ0n) is 11.8. The van der Waals surface area contributed by atoms with Gasteiger partial charge in [-0.05, 0) is 40.9 Å². The Morgan fingerprint density at radius 2 is 2.05 bits per heavy atom. The first-order valence-electron chi connectivity index (χ1n) is 6.94. The first-order chi connectivity index (χ1) is 10.1. The molecule has 106 valence electrons. The summed E-state index contributed by atoms with van der Waals surface area (Å²) in [5, 5.41) is 12.2. The van der Waals surface area contributed by atoms with E-state index < -0.39 is 5.97 Å². The molecule has 0 radical (unpaired) electrons. The maximum absolute atomic E-state index is 10.8. The summed E-state index contributed by atoms with van der Waals surface area (Å²) in [5.74, 6) is -0.901. The molecule has 0 saturated heterocycles. The van der Waals surface area contributed by atoms with Gasteiger partial charge in [-0.3, -0.25) is 0 Å². The number of hydrogen-bond donors (Lipinski definition) is 2. The molecule has 2 aromatic rings. The summed E-state index contributed by atoms with van der Waals surface area (Å²) in [7, 11) is 0. The van der Waals surface area contributed by atoms with E-state index in [1.54, 1.807) is 12.1 Å². The molecule has 5 heteroatoms. The predicted octanol–water partition coefficient (Wildman–Crippen LogP) is 2.36. The molecule has 0 saturated carbocycles. The Labute approximate surface area is 123 Å². The lowest BCUT2D eigenvalue weighted by Gasteiger charge is -2.09. The first-order valence-corrected chi connectivity index (χ1v) is 6.94. The highest BCUT2D eigenvalue weighted by Gasteiger charge is 2.23. The second kappa shape index (κ2) is 5.62. The molecule has 2 N–H and O–H groups in total. The number of carboxylic acid groups (broad SMARTS) is 1. The van der Waals surface area contributed by atoms with E-state index in [-0.39, 0.29) is 6.92 Å². The van der Waals surface area contributed by atoms with Crippen LogP contribution in [0.1, 0.15) is 21.5 Å². The van der Waals surface area contributed by atoms with E-state index in [2.05, 4.69) is 24.3 Å². The maximum Gasteiger partial charge on any atom is 0.335 e. The lowest BCUT2D eigenvalue weighted by atomic mass is 9.64. The molecule has 0 aliphatic carbocycles. The van der Waals surface area contributed by atoms with Gasteiger partial charge in [0.1, 0.15) is 0 Å². The van der Waals surface area contributed by atoms with Crippen LogP contribution in [-0.2, 0) is 17.8 Å². The van der Waals surface area contributed by atoms with Gasteiger partial charge < -0.3 is 15.1 Å². The molecule has 2 aromatic carbocycles. The van der Waals surface area contributed by atoms with Crippen molar-refractivity contribution in [1.29, 1.82) is 0 Å². The van der Waals surface area contributed by atoms with Gasteiger partial charge in [0.25, 0.3) is 0 Å². The molecule has 0 spiro atoms. The zero-order chi connectivity index (χ0) is 14.8. The van der Waals surface area contributed by atoms with Crippen LogP contribution in [0.2, 0.25) is 6.82 Å². The van der Waals surface area contributed by atoms with E-state index in [1.165, 1.54) is 11.0 Å². The molecule has 1 heterocycles. The largest absolute Gasteiger partial charge is 0.478 e. The fourth-order valence-electron chi connectivity index (χ4n) is 2.49. The van der Waals surface area contributed by atoms with Gasteiger partial charge in [0, 0.05) is 12.2 Å². The third-order valence-corrected chi connectivity index (χ3v) is 3.77. The summed E-state index contributed by atoms with van der Waals surface area (Å²) in [5.41, 5.74) is 4.89. The third kappa shape index (κ3) is 2.93. The van der Waals surface area contributed by atoms with E-state index >= 15 is 0 Å². The fraction of sp³-hybridized carbons (Fsp3) is 0.188. The van der Waals surface area contributed by atoms with Crippen molar-refractivity contribution in [1.82, 2.24) is 0 Å². The number of carbonyl (C=O) groups is 1. The number of fused-ring (bicyclic) bond motifs is 1. The van der Waals surface area contributed by atoms with Gasteiger partial charge in [-0.15, -0.1) is 0 Å². The monoisotopic (exact) mass is 281 g/mol. The standard InChI is InChI=1S/C16H16BNO3/c1-17-15-8-14(7-6-13(15)10-21-17)18-9-11-2-4-12(5-3-11)16(19)20/h2-8,18H,9-10H2,1H3,(H,19,20). The topological polar surface area (TPSA) is 58.6 Å². The molecule has 3 rings (SSSR count). The lowest BCUT2D eigenvalue weighted by molar-refractivity contribution is 0.0697. The molecular weight excluding hydrogens is 265 g/mol. The fourth-order valence-corrected chi connectivity index (χ4v) is 2.49. The second-order valence-electron chi connectivity index (χ2n) is 5.22. The van der Waals surface area contributed by atoms with Crippen LogP contribution < -0.4 is 10.8 Å². The highest BCUT2D eigenvalue weighted by atomic mass is 16.4. The molecular formula is C16H16BNO3. The van der Waals surface area contributed by atoms with E-state index in [9.17, 15) is 4.79 Å². The van der Waals surface area contributed by atoms with Crippen molar-refractivity contribution >= 4 is 24.0 Å². The number of carboxylic acids is 1. The first kappa shape index (κ1) is 13.7. The van der Waals surface area contributed by atoms with Gasteiger partial charge in [0.2, 0.25) is 0 Å². The van der Waals surface area contributed by atoms with Gasteiger partial charge >= 0.3 is 12.9 Å². The van der Waals surface area contributed by atoms with Gasteiger partial charge in [0.05, 0.1) is 12.2 Å². The molecule has 1 aliphatic rings. The number of aromatic carboxylic acids is 1. The molecule has 0 atom stereocenters. The molecule has 1 aliphatic heterocycles. The summed E-state index contributed by atoms with van der Waals surface area (Å²) in [4.78, 5) is 10.8. The summed E-state index contributed by atoms with van der Waals surface area (Å²) in [6.07, 6.45) is 0. The van der Waals surface area contributed by atoms with Crippen molar-refractivity contribution in [3.8, 4) is 0 Å². The molecule has 0 amide bonds. The van der Waals surface area contributed by atoms with Crippen molar-refractivity contribution in [2.75, 3.05) is 5.32 Å². The van der Waals surface area contributed by atoms with E-state index in [0.29, 0.717) is 18.7 Å². The predicted molar refractivity (Wildman–Crippen MR) is 83.2 cm³/mol. The number of hydrogen-bond acceptors (Lipinski definition) is 3. The van der Waals surface area contributed by atoms with Crippen LogP contribution in [0.5, 0.6) is 0 Å². The smallest absolute Gasteiger partial charge is 0.335 e. The van der Waals surface area contributed by atoms with Gasteiger partial charge in [-0.1, -0.05) is 25.0 Å². The minimum Gasteiger partial charge on any atom is -0.478 e. The van der Waals surface area contributed by atoms with E-state index in [1.807, 2.05) is 18.2 Å². The minimum absolute atomic E-state index is 0.150. The quantitative estimate of drug-likeness (QED) is 0.845. The van der Waals surface area contributed by atoms with Crippen molar-refractivity contribution in [2.24, 2.45) is 0 Å². The summed E-state index contributed by atoms with van der Waals surface area (Å²) in [6.45, 7) is 3.55. The molecule has 0 unspecified atom stereocenters. The molecule has 0 aromatic heterocycles. The Hall–Kier alpha value is -2.27. The number of nitrogens with one attached hydrogen (secondary N) is 1. The van der Waals surface area contributed by atoms with Crippen LogP contribution in [-0.4, -0.2) is 18.0 Å². The normalized spacial score (nSPS) is 13.1. The highest BCUT2D eigenvalue weighted by molar-refractivity contribution is 6.67. The molecule has 0 bridgehead atoms. The van der Waals surface area contributed by atoms with Crippen LogP contribution in [0, 0.1) is 0 Å². The molecule has 0 fully saturated rings. The summed E-state index contributed by atoms with van der Waals surface area (Å²) < 4.78 is 5.59. The summed E-state index contributed by atoms with van der Waals surface area (Å²) >= 11 is 0. The highest BCUT2D eigenvalue weighted by Crippen LogP contribution is 2.16. The van der Waals surface area contributed by atoms with Crippen LogP contribution in [0.25, 0.3) is 0 Å².